The summed E-state index contributed by atoms with van der Waals surface area (Å²) in [6, 6.07) is 8.99. The second-order valence-corrected chi connectivity index (χ2v) is 7.55. The minimum absolute atomic E-state index is 0. The van der Waals surface area contributed by atoms with Crippen LogP contribution in [0.4, 0.5) is 0 Å². The van der Waals surface area contributed by atoms with Crippen LogP contribution in [-0.4, -0.2) is 55.5 Å². The summed E-state index contributed by atoms with van der Waals surface area (Å²) in [5.74, 6) is 0.823. The zero-order valence-electron chi connectivity index (χ0n) is 17.0. The van der Waals surface area contributed by atoms with Gasteiger partial charge in [-0.1, -0.05) is 25.0 Å². The van der Waals surface area contributed by atoms with Gasteiger partial charge >= 0.3 is 0 Å². The van der Waals surface area contributed by atoms with Gasteiger partial charge in [-0.2, -0.15) is 0 Å². The lowest BCUT2D eigenvalue weighted by atomic mass is 10.1. The predicted molar refractivity (Wildman–Crippen MR) is 125 cm³/mol. The summed E-state index contributed by atoms with van der Waals surface area (Å²) in [5.41, 5.74) is 1.83. The molecule has 1 heterocycles. The van der Waals surface area contributed by atoms with Crippen LogP contribution in [-0.2, 0) is 6.54 Å². The molecule has 1 saturated carbocycles. The van der Waals surface area contributed by atoms with E-state index in [2.05, 4.69) is 25.8 Å². The molecule has 1 aromatic carbocycles. The molecule has 28 heavy (non-hydrogen) atoms. The van der Waals surface area contributed by atoms with E-state index < -0.39 is 0 Å². The highest BCUT2D eigenvalue weighted by atomic mass is 127. The highest BCUT2D eigenvalue weighted by Crippen LogP contribution is 2.26. The van der Waals surface area contributed by atoms with Crippen LogP contribution in [0, 0.1) is 0 Å². The standard InChI is InChI=1S/C21H33N5O.HI/c1-3-23-20(27)17-10-8-16(9-11-17)14-24-21(22-2)25-18-12-13-26(15-18)19-6-4-5-7-19;/h8-11,18-19H,3-7,12-15H2,1-2H3,(H,23,27)(H2,22,24,25);1H. The predicted octanol–water partition coefficient (Wildman–Crippen LogP) is 2.74. The van der Waals surface area contributed by atoms with Crippen LogP contribution in [0.15, 0.2) is 29.3 Å². The molecule has 6 nitrogen and oxygen atoms in total. The van der Waals surface area contributed by atoms with Crippen molar-refractivity contribution in [3.05, 3.63) is 35.4 Å². The van der Waals surface area contributed by atoms with Gasteiger partial charge in [0.25, 0.3) is 5.91 Å². The molecule has 1 aliphatic heterocycles. The average Bonchev–Trinajstić information content (AvgIpc) is 3.37. The highest BCUT2D eigenvalue weighted by molar-refractivity contribution is 14.0. The summed E-state index contributed by atoms with van der Waals surface area (Å²) >= 11 is 0. The number of nitrogens with one attached hydrogen (secondary N) is 3. The lowest BCUT2D eigenvalue weighted by Gasteiger charge is -2.24. The first kappa shape index (κ1) is 22.9. The van der Waals surface area contributed by atoms with Crippen molar-refractivity contribution in [2.75, 3.05) is 26.7 Å². The van der Waals surface area contributed by atoms with E-state index in [0.717, 1.165) is 24.1 Å². The number of nitrogens with zero attached hydrogens (tertiary/aromatic N) is 2. The van der Waals surface area contributed by atoms with Crippen molar-refractivity contribution in [2.45, 2.75) is 57.7 Å². The van der Waals surface area contributed by atoms with Crippen LogP contribution in [0.25, 0.3) is 0 Å². The van der Waals surface area contributed by atoms with Gasteiger partial charge in [0.05, 0.1) is 0 Å². The zero-order chi connectivity index (χ0) is 19.1. The van der Waals surface area contributed by atoms with Crippen LogP contribution in [0.2, 0.25) is 0 Å². The Balaban J connectivity index is 0.00000280. The number of carbonyl (C=O) groups is 1. The molecule has 1 amide bonds. The Morgan fingerprint density at radius 2 is 1.86 bits per heavy atom. The van der Waals surface area contributed by atoms with Crippen molar-refractivity contribution in [2.24, 2.45) is 4.99 Å². The second kappa shape index (κ2) is 11.6. The summed E-state index contributed by atoms with van der Waals surface area (Å²) in [7, 11) is 1.82. The Labute approximate surface area is 186 Å². The lowest BCUT2D eigenvalue weighted by molar-refractivity contribution is 0.0956. The number of benzene rings is 1. The number of carbonyl (C=O) groups excluding carboxylic acids is 1. The van der Waals surface area contributed by atoms with Gasteiger partial charge in [-0.15, -0.1) is 24.0 Å². The molecule has 1 unspecified atom stereocenters. The first-order chi connectivity index (χ1) is 13.2. The SMILES string of the molecule is CCNC(=O)c1ccc(CNC(=NC)NC2CCN(C3CCCC3)C2)cc1.I. The molecule has 0 bridgehead atoms. The molecule has 3 rings (SSSR count). The second-order valence-electron chi connectivity index (χ2n) is 7.55. The summed E-state index contributed by atoms with van der Waals surface area (Å²) in [4.78, 5) is 18.8. The van der Waals surface area contributed by atoms with Crippen molar-refractivity contribution in [1.29, 1.82) is 0 Å². The number of rotatable bonds is 6. The van der Waals surface area contributed by atoms with Gasteiger partial charge < -0.3 is 16.0 Å². The Hall–Kier alpha value is -1.35. The Bertz CT molecular complexity index is 643. The lowest BCUT2D eigenvalue weighted by Crippen LogP contribution is -2.45. The van der Waals surface area contributed by atoms with Gasteiger partial charge in [0.1, 0.15) is 0 Å². The Morgan fingerprint density at radius 3 is 2.50 bits per heavy atom. The number of amides is 1. The van der Waals surface area contributed by atoms with E-state index in [9.17, 15) is 4.79 Å². The number of aliphatic imine (C=N–C) groups is 1. The fourth-order valence-electron chi connectivity index (χ4n) is 4.12. The third-order valence-electron chi connectivity index (χ3n) is 5.64. The molecule has 1 aliphatic carbocycles. The molecule has 7 heteroatoms. The molecule has 0 aromatic heterocycles. The van der Waals surface area contributed by atoms with Gasteiger partial charge in [-0.3, -0.25) is 14.7 Å². The monoisotopic (exact) mass is 499 g/mol. The maximum absolute atomic E-state index is 11.8. The fourth-order valence-corrected chi connectivity index (χ4v) is 4.12. The first-order valence-electron chi connectivity index (χ1n) is 10.3. The van der Waals surface area contributed by atoms with Gasteiger partial charge in [-0.25, -0.2) is 0 Å². The molecule has 1 saturated heterocycles. The fraction of sp³-hybridized carbons (Fsp3) is 0.619. The van der Waals surface area contributed by atoms with Crippen LogP contribution < -0.4 is 16.0 Å². The number of hydrogen-bond donors (Lipinski definition) is 3. The first-order valence-corrected chi connectivity index (χ1v) is 10.3. The van der Waals surface area contributed by atoms with Crippen LogP contribution >= 0.6 is 24.0 Å². The maximum Gasteiger partial charge on any atom is 0.251 e. The van der Waals surface area contributed by atoms with E-state index in [1.54, 1.807) is 0 Å². The molecule has 2 aliphatic rings. The van der Waals surface area contributed by atoms with E-state index in [-0.39, 0.29) is 29.9 Å². The van der Waals surface area contributed by atoms with Gasteiger partial charge in [0.15, 0.2) is 5.96 Å². The number of likely N-dealkylation sites (tertiary alicyclic amines) is 1. The third kappa shape index (κ3) is 6.34. The summed E-state index contributed by atoms with van der Waals surface area (Å²) in [6.07, 6.45) is 6.69. The van der Waals surface area contributed by atoms with Crippen molar-refractivity contribution in [3.8, 4) is 0 Å². The quantitative estimate of drug-likeness (QED) is 0.320. The molecule has 1 atom stereocenters. The topological polar surface area (TPSA) is 68.8 Å². The molecular weight excluding hydrogens is 465 g/mol. The average molecular weight is 499 g/mol. The van der Waals surface area contributed by atoms with E-state index in [1.165, 1.54) is 38.6 Å². The minimum Gasteiger partial charge on any atom is -0.352 e. The maximum atomic E-state index is 11.8. The molecule has 0 spiro atoms. The number of halogens is 1. The largest absolute Gasteiger partial charge is 0.352 e. The van der Waals surface area contributed by atoms with Gasteiger partial charge in [0, 0.05) is 50.9 Å². The minimum atomic E-state index is -0.0254. The summed E-state index contributed by atoms with van der Waals surface area (Å²) < 4.78 is 0. The van der Waals surface area contributed by atoms with Crippen molar-refractivity contribution in [3.63, 3.8) is 0 Å². The van der Waals surface area contributed by atoms with E-state index in [0.29, 0.717) is 24.7 Å². The molecular formula is C21H34IN5O. The molecule has 2 fully saturated rings. The molecule has 0 radical (unpaired) electrons. The molecule has 156 valence electrons. The van der Waals surface area contributed by atoms with Crippen LogP contribution in [0.1, 0.15) is 54.9 Å². The Kier molecular flexibility index (Phi) is 9.50. The Morgan fingerprint density at radius 1 is 1.14 bits per heavy atom. The van der Waals surface area contributed by atoms with E-state index in [4.69, 9.17) is 0 Å². The van der Waals surface area contributed by atoms with Crippen molar-refractivity contribution >= 4 is 35.8 Å². The zero-order valence-corrected chi connectivity index (χ0v) is 19.4. The van der Waals surface area contributed by atoms with Crippen molar-refractivity contribution in [1.82, 2.24) is 20.9 Å². The molecule has 1 aromatic rings. The third-order valence-corrected chi connectivity index (χ3v) is 5.64. The number of guanidine groups is 1. The number of hydrogen-bond acceptors (Lipinski definition) is 3. The van der Waals surface area contributed by atoms with Crippen LogP contribution in [0.3, 0.4) is 0 Å². The smallest absolute Gasteiger partial charge is 0.251 e. The summed E-state index contributed by atoms with van der Waals surface area (Å²) in [6.45, 7) is 5.57. The highest BCUT2D eigenvalue weighted by Gasteiger charge is 2.30. The molecule has 3 N–H and O–H groups in total. The normalized spacial score (nSPS) is 20.6. The van der Waals surface area contributed by atoms with Gasteiger partial charge in [0.2, 0.25) is 0 Å². The van der Waals surface area contributed by atoms with Gasteiger partial charge in [-0.05, 0) is 43.9 Å². The van der Waals surface area contributed by atoms with Crippen molar-refractivity contribution < 1.29 is 4.79 Å². The van der Waals surface area contributed by atoms with Crippen LogP contribution in [0.5, 0.6) is 0 Å². The van der Waals surface area contributed by atoms with E-state index >= 15 is 0 Å². The van der Waals surface area contributed by atoms with E-state index in [1.807, 2.05) is 38.2 Å². The summed E-state index contributed by atoms with van der Waals surface area (Å²) in [5, 5.41) is 9.78.